The molecule has 0 unspecified atom stereocenters. The summed E-state index contributed by atoms with van der Waals surface area (Å²) in [5.74, 6) is -0.784. The van der Waals surface area contributed by atoms with Gasteiger partial charge in [-0.3, -0.25) is 14.0 Å². The first-order chi connectivity index (χ1) is 15.9. The molecule has 0 spiro atoms. The molecular formula is C25H26FN3O3S. The molecule has 0 radical (unpaired) electrons. The predicted molar refractivity (Wildman–Crippen MR) is 126 cm³/mol. The fourth-order valence-corrected chi connectivity index (χ4v) is 5.28. The fraction of sp³-hybridized carbons (Fsp3) is 0.240. The van der Waals surface area contributed by atoms with Gasteiger partial charge < -0.3 is 4.90 Å². The van der Waals surface area contributed by atoms with Gasteiger partial charge in [0.2, 0.25) is 5.91 Å². The Balaban J connectivity index is 1.47. The average molecular weight is 468 g/mol. The Morgan fingerprint density at radius 2 is 1.39 bits per heavy atom. The van der Waals surface area contributed by atoms with Crippen molar-refractivity contribution in [1.29, 1.82) is 0 Å². The molecule has 0 bridgehead atoms. The van der Waals surface area contributed by atoms with Crippen LogP contribution in [0.5, 0.6) is 0 Å². The second kappa shape index (κ2) is 10.1. The molecule has 0 aliphatic carbocycles. The number of hydrogen-bond donors (Lipinski definition) is 0. The van der Waals surface area contributed by atoms with Crippen molar-refractivity contribution in [3.05, 3.63) is 96.3 Å². The summed E-state index contributed by atoms with van der Waals surface area (Å²) >= 11 is 0. The van der Waals surface area contributed by atoms with E-state index in [1.807, 2.05) is 18.2 Å². The second-order valence-corrected chi connectivity index (χ2v) is 9.81. The largest absolute Gasteiger partial charge is 0.339 e. The fourth-order valence-electron chi connectivity index (χ4n) is 3.86. The average Bonchev–Trinajstić information content (AvgIpc) is 2.84. The maximum atomic E-state index is 13.3. The Morgan fingerprint density at radius 1 is 0.818 bits per heavy atom. The number of anilines is 1. The first-order valence-corrected chi connectivity index (χ1v) is 12.2. The Kier molecular flexibility index (Phi) is 7.05. The van der Waals surface area contributed by atoms with Gasteiger partial charge in [0.15, 0.2) is 0 Å². The molecule has 1 heterocycles. The van der Waals surface area contributed by atoms with E-state index in [1.54, 1.807) is 35.2 Å². The molecular weight excluding hydrogens is 441 g/mol. The van der Waals surface area contributed by atoms with E-state index in [1.165, 1.54) is 17.7 Å². The highest BCUT2D eigenvalue weighted by Crippen LogP contribution is 2.24. The van der Waals surface area contributed by atoms with Crippen LogP contribution in [0.4, 0.5) is 10.1 Å². The van der Waals surface area contributed by atoms with Crippen LogP contribution in [0.2, 0.25) is 0 Å². The quantitative estimate of drug-likeness (QED) is 0.535. The van der Waals surface area contributed by atoms with E-state index in [0.717, 1.165) is 36.1 Å². The molecule has 8 heteroatoms. The van der Waals surface area contributed by atoms with E-state index < -0.39 is 15.8 Å². The summed E-state index contributed by atoms with van der Waals surface area (Å²) < 4.78 is 41.1. The van der Waals surface area contributed by atoms with Crippen molar-refractivity contribution in [2.24, 2.45) is 0 Å². The zero-order valence-corrected chi connectivity index (χ0v) is 19.0. The van der Waals surface area contributed by atoms with Crippen molar-refractivity contribution in [3.63, 3.8) is 0 Å². The highest BCUT2D eigenvalue weighted by Gasteiger charge is 2.30. The minimum absolute atomic E-state index is 0.0618. The number of hydrogen-bond acceptors (Lipinski definition) is 4. The van der Waals surface area contributed by atoms with E-state index >= 15 is 0 Å². The summed E-state index contributed by atoms with van der Waals surface area (Å²) in [5, 5.41) is 0. The Labute approximate surface area is 193 Å². The van der Waals surface area contributed by atoms with Crippen molar-refractivity contribution >= 4 is 21.6 Å². The number of carbonyl (C=O) groups is 1. The molecule has 1 saturated heterocycles. The van der Waals surface area contributed by atoms with Crippen molar-refractivity contribution in [1.82, 2.24) is 9.80 Å². The van der Waals surface area contributed by atoms with Gasteiger partial charge in [0.05, 0.1) is 10.6 Å². The third-order valence-electron chi connectivity index (χ3n) is 5.70. The lowest BCUT2D eigenvalue weighted by Gasteiger charge is -2.36. The van der Waals surface area contributed by atoms with Gasteiger partial charge in [-0.15, -0.1) is 0 Å². The standard InChI is InChI=1S/C25H26FN3O3S/c26-22-11-13-24(14-12-22)33(31,32)29(23-9-5-2-6-10-23)20-25(30)28-17-15-27(16-18-28)19-21-7-3-1-4-8-21/h1-14H,15-20H2. The molecule has 0 N–H and O–H groups in total. The summed E-state index contributed by atoms with van der Waals surface area (Å²) in [6, 6.07) is 23.3. The molecule has 33 heavy (non-hydrogen) atoms. The summed E-state index contributed by atoms with van der Waals surface area (Å²) in [4.78, 5) is 17.0. The molecule has 3 aromatic carbocycles. The summed E-state index contributed by atoms with van der Waals surface area (Å²) in [6.07, 6.45) is 0. The van der Waals surface area contributed by atoms with E-state index in [0.29, 0.717) is 18.8 Å². The van der Waals surface area contributed by atoms with E-state index in [-0.39, 0.29) is 17.3 Å². The van der Waals surface area contributed by atoms with Crippen LogP contribution in [0.15, 0.2) is 89.8 Å². The molecule has 1 aliphatic heterocycles. The molecule has 3 aromatic rings. The molecule has 1 fully saturated rings. The van der Waals surface area contributed by atoms with Crippen LogP contribution >= 0.6 is 0 Å². The molecule has 1 amide bonds. The van der Waals surface area contributed by atoms with E-state index in [2.05, 4.69) is 17.0 Å². The van der Waals surface area contributed by atoms with Crippen LogP contribution in [-0.4, -0.2) is 56.8 Å². The van der Waals surface area contributed by atoms with Gasteiger partial charge in [-0.2, -0.15) is 0 Å². The number of para-hydroxylation sites is 1. The monoisotopic (exact) mass is 467 g/mol. The molecule has 4 rings (SSSR count). The first-order valence-electron chi connectivity index (χ1n) is 10.8. The number of piperazine rings is 1. The second-order valence-electron chi connectivity index (χ2n) is 7.94. The number of sulfonamides is 1. The van der Waals surface area contributed by atoms with E-state index in [9.17, 15) is 17.6 Å². The highest BCUT2D eigenvalue weighted by atomic mass is 32.2. The molecule has 6 nitrogen and oxygen atoms in total. The van der Waals surface area contributed by atoms with Gasteiger partial charge in [-0.25, -0.2) is 12.8 Å². The summed E-state index contributed by atoms with van der Waals surface area (Å²) in [5.41, 5.74) is 1.61. The van der Waals surface area contributed by atoms with Crippen molar-refractivity contribution in [2.75, 3.05) is 37.0 Å². The van der Waals surface area contributed by atoms with Crippen molar-refractivity contribution in [3.8, 4) is 0 Å². The predicted octanol–water partition coefficient (Wildman–Crippen LogP) is 3.37. The number of nitrogens with zero attached hydrogens (tertiary/aromatic N) is 3. The lowest BCUT2D eigenvalue weighted by Crippen LogP contribution is -2.51. The van der Waals surface area contributed by atoms with Gasteiger partial charge in [0, 0.05) is 32.7 Å². The van der Waals surface area contributed by atoms with Crippen LogP contribution in [-0.2, 0) is 21.4 Å². The van der Waals surface area contributed by atoms with Gasteiger partial charge >= 0.3 is 0 Å². The Bertz CT molecular complexity index is 1160. The normalized spacial score (nSPS) is 14.8. The van der Waals surface area contributed by atoms with Gasteiger partial charge in [0.25, 0.3) is 10.0 Å². The highest BCUT2D eigenvalue weighted by molar-refractivity contribution is 7.92. The van der Waals surface area contributed by atoms with E-state index in [4.69, 9.17) is 0 Å². The molecule has 0 atom stereocenters. The number of amides is 1. The molecule has 172 valence electrons. The van der Waals surface area contributed by atoms with Crippen LogP contribution in [0.1, 0.15) is 5.56 Å². The number of halogens is 1. The Hall–Kier alpha value is -3.23. The third-order valence-corrected chi connectivity index (χ3v) is 7.49. The minimum atomic E-state index is -4.05. The summed E-state index contributed by atoms with van der Waals surface area (Å²) in [7, 11) is -4.05. The van der Waals surface area contributed by atoms with Crippen molar-refractivity contribution < 1.29 is 17.6 Å². The zero-order chi connectivity index (χ0) is 23.3. The lowest BCUT2D eigenvalue weighted by molar-refractivity contribution is -0.131. The maximum absolute atomic E-state index is 13.3. The van der Waals surface area contributed by atoms with Crippen LogP contribution in [0.25, 0.3) is 0 Å². The number of benzene rings is 3. The molecule has 0 saturated carbocycles. The maximum Gasteiger partial charge on any atom is 0.264 e. The first kappa shape index (κ1) is 22.9. The van der Waals surface area contributed by atoms with Gasteiger partial charge in [-0.05, 0) is 42.0 Å². The number of rotatable bonds is 7. The smallest absolute Gasteiger partial charge is 0.264 e. The van der Waals surface area contributed by atoms with Crippen LogP contribution in [0.3, 0.4) is 0 Å². The summed E-state index contributed by atoms with van der Waals surface area (Å²) in [6.45, 7) is 3.00. The zero-order valence-electron chi connectivity index (χ0n) is 18.2. The van der Waals surface area contributed by atoms with Crippen molar-refractivity contribution in [2.45, 2.75) is 11.4 Å². The number of carbonyl (C=O) groups excluding carboxylic acids is 1. The SMILES string of the molecule is O=C(CN(c1ccccc1)S(=O)(=O)c1ccc(F)cc1)N1CCN(Cc2ccccc2)CC1. The molecule has 0 aromatic heterocycles. The topological polar surface area (TPSA) is 60.9 Å². The third kappa shape index (κ3) is 5.58. The van der Waals surface area contributed by atoms with Gasteiger partial charge in [0.1, 0.15) is 12.4 Å². The minimum Gasteiger partial charge on any atom is -0.339 e. The van der Waals surface area contributed by atoms with Crippen LogP contribution in [0, 0.1) is 5.82 Å². The van der Waals surface area contributed by atoms with Crippen LogP contribution < -0.4 is 4.31 Å². The Morgan fingerprint density at radius 3 is 2.00 bits per heavy atom. The molecule has 1 aliphatic rings. The van der Waals surface area contributed by atoms with Gasteiger partial charge in [-0.1, -0.05) is 48.5 Å². The lowest BCUT2D eigenvalue weighted by atomic mass is 10.2.